The van der Waals surface area contributed by atoms with Gasteiger partial charge in [0, 0.05) is 0 Å². The summed E-state index contributed by atoms with van der Waals surface area (Å²) in [5.74, 6) is 1.96. The van der Waals surface area contributed by atoms with Crippen LogP contribution in [0.1, 0.15) is 78.1 Å². The molecule has 1 atom stereocenters. The zero-order chi connectivity index (χ0) is 10.7. The van der Waals surface area contributed by atoms with Crippen LogP contribution in [0.15, 0.2) is 0 Å². The van der Waals surface area contributed by atoms with E-state index in [0.717, 1.165) is 17.3 Å². The van der Waals surface area contributed by atoms with E-state index in [1.54, 1.807) is 25.7 Å². The Morgan fingerprint density at radius 3 is 2.07 bits per heavy atom. The maximum Gasteiger partial charge on any atom is -0.0295 e. The van der Waals surface area contributed by atoms with E-state index in [4.69, 9.17) is 0 Å². The van der Waals surface area contributed by atoms with Gasteiger partial charge in [0.05, 0.1) is 0 Å². The average Bonchev–Trinajstić information content (AvgIpc) is 2.44. The molecular formula is C15H28. The Kier molecular flexibility index (Phi) is 3.74. The molecule has 15 heavy (non-hydrogen) atoms. The molecule has 0 saturated heterocycles. The van der Waals surface area contributed by atoms with E-state index in [2.05, 4.69) is 13.8 Å². The molecule has 0 heterocycles. The summed E-state index contributed by atoms with van der Waals surface area (Å²) in [6, 6.07) is 0. The molecule has 0 aromatic rings. The summed E-state index contributed by atoms with van der Waals surface area (Å²) in [5, 5.41) is 0. The Balaban J connectivity index is 1.99. The zero-order valence-electron chi connectivity index (χ0n) is 10.7. The van der Waals surface area contributed by atoms with Crippen molar-refractivity contribution in [2.24, 2.45) is 17.3 Å². The van der Waals surface area contributed by atoms with Crippen molar-refractivity contribution in [3.05, 3.63) is 0 Å². The second-order valence-electron chi connectivity index (χ2n) is 6.51. The van der Waals surface area contributed by atoms with Gasteiger partial charge in [0.15, 0.2) is 0 Å². The lowest BCUT2D eigenvalue weighted by Crippen LogP contribution is -2.30. The summed E-state index contributed by atoms with van der Waals surface area (Å²) in [4.78, 5) is 0. The van der Waals surface area contributed by atoms with Gasteiger partial charge >= 0.3 is 0 Å². The molecule has 0 aromatic heterocycles. The van der Waals surface area contributed by atoms with E-state index in [9.17, 15) is 0 Å². The van der Waals surface area contributed by atoms with Crippen molar-refractivity contribution >= 4 is 0 Å². The van der Waals surface area contributed by atoms with Crippen LogP contribution in [0.4, 0.5) is 0 Å². The van der Waals surface area contributed by atoms with Crippen LogP contribution in [0.5, 0.6) is 0 Å². The van der Waals surface area contributed by atoms with Crippen molar-refractivity contribution in [2.75, 3.05) is 0 Å². The molecule has 0 heteroatoms. The molecule has 1 spiro atoms. The van der Waals surface area contributed by atoms with Gasteiger partial charge < -0.3 is 0 Å². The first-order valence-corrected chi connectivity index (χ1v) is 7.22. The second kappa shape index (κ2) is 4.89. The summed E-state index contributed by atoms with van der Waals surface area (Å²) in [6.45, 7) is 4.86. The summed E-state index contributed by atoms with van der Waals surface area (Å²) in [6.07, 6.45) is 15.3. The first-order chi connectivity index (χ1) is 7.22. The highest BCUT2D eigenvalue weighted by Crippen LogP contribution is 2.49. The molecule has 1 unspecified atom stereocenters. The lowest BCUT2D eigenvalue weighted by Gasteiger charge is -2.42. The van der Waals surface area contributed by atoms with Crippen molar-refractivity contribution in [1.82, 2.24) is 0 Å². The van der Waals surface area contributed by atoms with Gasteiger partial charge in [-0.1, -0.05) is 52.4 Å². The molecule has 0 aromatic carbocycles. The van der Waals surface area contributed by atoms with Crippen molar-refractivity contribution in [1.29, 1.82) is 0 Å². The average molecular weight is 208 g/mol. The Labute approximate surface area is 95.8 Å². The van der Waals surface area contributed by atoms with Crippen LogP contribution in [0.2, 0.25) is 0 Å². The minimum atomic E-state index is 0.795. The van der Waals surface area contributed by atoms with Gasteiger partial charge in [-0.3, -0.25) is 0 Å². The number of rotatable bonds is 1. The highest BCUT2D eigenvalue weighted by Gasteiger charge is 2.36. The molecule has 2 fully saturated rings. The van der Waals surface area contributed by atoms with Gasteiger partial charge in [0.25, 0.3) is 0 Å². The summed E-state index contributed by atoms with van der Waals surface area (Å²) in [7, 11) is 0. The maximum absolute atomic E-state index is 2.43. The molecule has 2 saturated carbocycles. The van der Waals surface area contributed by atoms with Gasteiger partial charge in [-0.2, -0.15) is 0 Å². The topological polar surface area (TPSA) is 0 Å². The molecule has 0 N–H and O–H groups in total. The van der Waals surface area contributed by atoms with Crippen molar-refractivity contribution in [3.63, 3.8) is 0 Å². The molecule has 2 aliphatic rings. The van der Waals surface area contributed by atoms with Crippen LogP contribution in [0.3, 0.4) is 0 Å². The van der Waals surface area contributed by atoms with Crippen molar-refractivity contribution < 1.29 is 0 Å². The van der Waals surface area contributed by atoms with Crippen LogP contribution in [-0.2, 0) is 0 Å². The Morgan fingerprint density at radius 2 is 1.47 bits per heavy atom. The minimum absolute atomic E-state index is 0.795. The molecule has 88 valence electrons. The third-order valence-electron chi connectivity index (χ3n) is 5.08. The Bertz CT molecular complexity index is 184. The van der Waals surface area contributed by atoms with E-state index in [1.807, 2.05) is 0 Å². The van der Waals surface area contributed by atoms with Gasteiger partial charge in [-0.15, -0.1) is 0 Å². The summed E-state index contributed by atoms with van der Waals surface area (Å²) >= 11 is 0. The number of hydrogen-bond acceptors (Lipinski definition) is 0. The van der Waals surface area contributed by atoms with Gasteiger partial charge in [-0.25, -0.2) is 0 Å². The fourth-order valence-electron chi connectivity index (χ4n) is 4.00. The van der Waals surface area contributed by atoms with Crippen LogP contribution in [0, 0.1) is 17.3 Å². The van der Waals surface area contributed by atoms with E-state index in [1.165, 1.54) is 38.5 Å². The molecule has 0 nitrogen and oxygen atoms in total. The van der Waals surface area contributed by atoms with E-state index >= 15 is 0 Å². The van der Waals surface area contributed by atoms with Crippen LogP contribution < -0.4 is 0 Å². The van der Waals surface area contributed by atoms with Gasteiger partial charge in [0.1, 0.15) is 0 Å². The van der Waals surface area contributed by atoms with Crippen LogP contribution in [-0.4, -0.2) is 0 Å². The molecular weight excluding hydrogens is 180 g/mol. The third kappa shape index (κ3) is 2.77. The molecule has 2 rings (SSSR count). The highest BCUT2D eigenvalue weighted by atomic mass is 14.4. The van der Waals surface area contributed by atoms with Gasteiger partial charge in [-0.05, 0) is 42.9 Å². The lowest BCUT2D eigenvalue weighted by atomic mass is 9.63. The smallest absolute Gasteiger partial charge is 0.0295 e. The largest absolute Gasteiger partial charge is 0.0625 e. The van der Waals surface area contributed by atoms with Gasteiger partial charge in [0.2, 0.25) is 0 Å². The Morgan fingerprint density at radius 1 is 0.867 bits per heavy atom. The second-order valence-corrected chi connectivity index (χ2v) is 6.51. The minimum Gasteiger partial charge on any atom is -0.0625 e. The fraction of sp³-hybridized carbons (Fsp3) is 1.00. The summed E-state index contributed by atoms with van der Waals surface area (Å²) in [5.41, 5.74) is 0.795. The zero-order valence-corrected chi connectivity index (χ0v) is 10.7. The van der Waals surface area contributed by atoms with E-state index < -0.39 is 0 Å². The highest BCUT2D eigenvalue weighted by molar-refractivity contribution is 4.88. The Hall–Kier alpha value is 0. The van der Waals surface area contributed by atoms with Crippen molar-refractivity contribution in [2.45, 2.75) is 78.1 Å². The molecule has 0 bridgehead atoms. The third-order valence-corrected chi connectivity index (χ3v) is 5.08. The SMILES string of the molecule is CC(C)C1CCCC2(CCCCCC2)C1. The number of hydrogen-bond donors (Lipinski definition) is 0. The molecule has 0 amide bonds. The maximum atomic E-state index is 2.43. The first kappa shape index (κ1) is 11.5. The summed E-state index contributed by atoms with van der Waals surface area (Å²) < 4.78 is 0. The molecule has 0 aliphatic heterocycles. The standard InChI is InChI=1S/C15H28/c1-13(2)14-8-7-11-15(12-14)9-5-3-4-6-10-15/h13-14H,3-12H2,1-2H3. The van der Waals surface area contributed by atoms with Crippen LogP contribution in [0.25, 0.3) is 0 Å². The fourth-order valence-corrected chi connectivity index (χ4v) is 4.00. The van der Waals surface area contributed by atoms with Crippen LogP contribution >= 0.6 is 0 Å². The predicted molar refractivity (Wildman–Crippen MR) is 66.9 cm³/mol. The van der Waals surface area contributed by atoms with Crippen molar-refractivity contribution in [3.8, 4) is 0 Å². The molecule has 0 radical (unpaired) electrons. The lowest BCUT2D eigenvalue weighted by molar-refractivity contribution is 0.0938. The first-order valence-electron chi connectivity index (χ1n) is 7.22. The predicted octanol–water partition coefficient (Wildman–Crippen LogP) is 5.17. The normalized spacial score (nSPS) is 31.8. The van der Waals surface area contributed by atoms with E-state index in [0.29, 0.717) is 0 Å². The van der Waals surface area contributed by atoms with E-state index in [-0.39, 0.29) is 0 Å². The quantitative estimate of drug-likeness (QED) is 0.557. The molecule has 2 aliphatic carbocycles. The monoisotopic (exact) mass is 208 g/mol.